The highest BCUT2D eigenvalue weighted by Gasteiger charge is 2.30. The molecule has 0 aliphatic heterocycles. The van der Waals surface area contributed by atoms with Gasteiger partial charge in [-0.15, -0.1) is 0 Å². The molecule has 1 aliphatic carbocycles. The lowest BCUT2D eigenvalue weighted by atomic mass is 9.69. The van der Waals surface area contributed by atoms with E-state index in [-0.39, 0.29) is 11.7 Å². The molecule has 0 saturated heterocycles. The zero-order chi connectivity index (χ0) is 20.3. The van der Waals surface area contributed by atoms with E-state index in [1.165, 1.54) is 23.1 Å². The summed E-state index contributed by atoms with van der Waals surface area (Å²) in [5, 5.41) is 0. The van der Waals surface area contributed by atoms with Crippen LogP contribution in [0, 0.1) is 30.5 Å². The molecule has 0 heterocycles. The van der Waals surface area contributed by atoms with Gasteiger partial charge >= 0.3 is 0 Å². The van der Waals surface area contributed by atoms with Crippen LogP contribution in [0.4, 0.5) is 4.39 Å². The molecule has 0 fully saturated rings. The molecule has 3 rings (SSSR count). The predicted molar refractivity (Wildman–Crippen MR) is 114 cm³/mol. The van der Waals surface area contributed by atoms with Crippen LogP contribution in [-0.2, 0) is 11.2 Å². The highest BCUT2D eigenvalue weighted by atomic mass is 19.1. The van der Waals surface area contributed by atoms with Gasteiger partial charge in [-0.3, -0.25) is 0 Å². The first kappa shape index (κ1) is 20.3. The lowest BCUT2D eigenvalue weighted by Gasteiger charge is -2.35. The Balaban J connectivity index is 1.93. The van der Waals surface area contributed by atoms with E-state index >= 15 is 0 Å². The second-order valence-corrected chi connectivity index (χ2v) is 8.35. The summed E-state index contributed by atoms with van der Waals surface area (Å²) in [4.78, 5) is 10.9. The van der Waals surface area contributed by atoms with Gasteiger partial charge in [0.15, 0.2) is 0 Å². The van der Waals surface area contributed by atoms with Gasteiger partial charge in [0.25, 0.3) is 0 Å². The lowest BCUT2D eigenvalue weighted by Crippen LogP contribution is -2.25. The first-order chi connectivity index (χ1) is 13.4. The predicted octanol–water partition coefficient (Wildman–Crippen LogP) is 6.73. The Hall–Kier alpha value is -2.44. The summed E-state index contributed by atoms with van der Waals surface area (Å²) in [5.74, 6) is 2.89. The van der Waals surface area contributed by atoms with Crippen molar-refractivity contribution in [3.05, 3.63) is 76.6 Å². The third-order valence-corrected chi connectivity index (χ3v) is 6.12. The minimum Gasteiger partial charge on any atom is -0.234 e. The van der Waals surface area contributed by atoms with Crippen LogP contribution in [0.2, 0.25) is 0 Å². The molecule has 0 amide bonds. The van der Waals surface area contributed by atoms with E-state index in [0.717, 1.165) is 29.5 Å². The summed E-state index contributed by atoms with van der Waals surface area (Å²) >= 11 is 0. The van der Waals surface area contributed by atoms with Crippen molar-refractivity contribution in [2.45, 2.75) is 47.0 Å². The number of rotatable bonds is 5. The molecule has 146 valence electrons. The van der Waals surface area contributed by atoms with Crippen LogP contribution in [0.3, 0.4) is 0 Å². The maximum absolute atomic E-state index is 13.9. The fraction of sp³-hybridized carbons (Fsp3) is 0.385. The molecule has 0 aromatic heterocycles. The highest BCUT2D eigenvalue weighted by molar-refractivity contribution is 5.65. The van der Waals surface area contributed by atoms with E-state index in [4.69, 9.17) is 0 Å². The van der Waals surface area contributed by atoms with Crippen molar-refractivity contribution < 1.29 is 9.18 Å². The third kappa shape index (κ3) is 4.51. The summed E-state index contributed by atoms with van der Waals surface area (Å²) < 4.78 is 13.9. The molecule has 28 heavy (non-hydrogen) atoms. The average Bonchev–Trinajstić information content (AvgIpc) is 2.64. The number of carbonyl (C=O) groups excluding carboxylic acids is 1. The maximum Gasteiger partial charge on any atom is 0.124 e. The Bertz CT molecular complexity index is 913. The summed E-state index contributed by atoms with van der Waals surface area (Å²) in [7, 11) is 0. The molecule has 0 bridgehead atoms. The molecule has 2 aromatic carbocycles. The summed E-state index contributed by atoms with van der Waals surface area (Å²) in [6, 6.07) is 13.6. The zero-order valence-electron chi connectivity index (χ0n) is 17.3. The van der Waals surface area contributed by atoms with E-state index in [1.807, 2.05) is 25.0 Å². The Kier molecular flexibility index (Phi) is 6.31. The van der Waals surface area contributed by atoms with Gasteiger partial charge in [0.1, 0.15) is 11.8 Å². The Labute approximate surface area is 168 Å². The number of allylic oxidation sites excluding steroid dienone is 3. The van der Waals surface area contributed by atoms with E-state index in [0.29, 0.717) is 11.8 Å². The molecule has 2 heteroatoms. The topological polar surface area (TPSA) is 17.1 Å². The summed E-state index contributed by atoms with van der Waals surface area (Å²) in [6.07, 6.45) is 4.87. The van der Waals surface area contributed by atoms with E-state index < -0.39 is 0 Å². The van der Waals surface area contributed by atoms with E-state index in [9.17, 15) is 9.18 Å². The van der Waals surface area contributed by atoms with Gasteiger partial charge in [-0.2, -0.15) is 0 Å². The Morgan fingerprint density at radius 1 is 1.18 bits per heavy atom. The first-order valence-electron chi connectivity index (χ1n) is 10.2. The first-order valence-corrected chi connectivity index (χ1v) is 10.2. The standard InChI is InChI=1S/C26H29FO/c1-17-12-23(16-24(27)13-17)22-7-5-6-21(14-22)15-25-18(2)8-9-19(3)26(25)20(4)10-11-28/h5-7,10,12-14,16,18,20,25H,8-9,15H2,1-4H3. The van der Waals surface area contributed by atoms with Crippen LogP contribution in [-0.4, -0.2) is 5.94 Å². The highest BCUT2D eigenvalue weighted by Crippen LogP contribution is 2.41. The van der Waals surface area contributed by atoms with Gasteiger partial charge in [0, 0.05) is 12.0 Å². The van der Waals surface area contributed by atoms with Crippen molar-refractivity contribution in [2.24, 2.45) is 17.8 Å². The van der Waals surface area contributed by atoms with Gasteiger partial charge < -0.3 is 0 Å². The molecule has 1 nitrogen and oxygen atoms in total. The van der Waals surface area contributed by atoms with Gasteiger partial charge in [-0.05, 0) is 79.3 Å². The van der Waals surface area contributed by atoms with Gasteiger partial charge in [-0.25, -0.2) is 9.18 Å². The summed E-state index contributed by atoms with van der Waals surface area (Å²) in [6.45, 7) is 8.53. The molecule has 0 spiro atoms. The number of halogens is 1. The minimum absolute atomic E-state index is 0.124. The number of aryl methyl sites for hydroxylation is 1. The molecule has 2 aromatic rings. The monoisotopic (exact) mass is 376 g/mol. The van der Waals surface area contributed by atoms with E-state index in [2.05, 4.69) is 39.0 Å². The molecule has 0 radical (unpaired) electrons. The largest absolute Gasteiger partial charge is 0.234 e. The van der Waals surface area contributed by atoms with Crippen molar-refractivity contribution in [3.8, 4) is 11.1 Å². The van der Waals surface area contributed by atoms with Crippen molar-refractivity contribution >= 4 is 5.94 Å². The van der Waals surface area contributed by atoms with Crippen LogP contribution in [0.15, 0.2) is 59.7 Å². The van der Waals surface area contributed by atoms with E-state index in [1.54, 1.807) is 18.2 Å². The zero-order valence-corrected chi connectivity index (χ0v) is 17.3. The van der Waals surface area contributed by atoms with Crippen molar-refractivity contribution in [1.29, 1.82) is 0 Å². The molecule has 3 atom stereocenters. The molecule has 1 aliphatic rings. The third-order valence-electron chi connectivity index (χ3n) is 6.12. The van der Waals surface area contributed by atoms with Crippen LogP contribution in [0.1, 0.15) is 44.7 Å². The van der Waals surface area contributed by atoms with Crippen molar-refractivity contribution in [1.82, 2.24) is 0 Å². The van der Waals surface area contributed by atoms with Crippen LogP contribution >= 0.6 is 0 Å². The molecule has 0 saturated carbocycles. The van der Waals surface area contributed by atoms with Crippen LogP contribution < -0.4 is 0 Å². The van der Waals surface area contributed by atoms with Crippen molar-refractivity contribution in [2.75, 3.05) is 0 Å². The normalized spacial score (nSPS) is 20.6. The molecule has 0 N–H and O–H groups in total. The second-order valence-electron chi connectivity index (χ2n) is 8.35. The molecule has 3 unspecified atom stereocenters. The van der Waals surface area contributed by atoms with Gasteiger partial charge in [0.2, 0.25) is 0 Å². The Morgan fingerprint density at radius 2 is 1.96 bits per heavy atom. The SMILES string of the molecule is CC1=C(C(C)C=C=O)C(Cc2cccc(-c3cc(C)cc(F)c3)c2)C(C)CC1. The minimum atomic E-state index is -0.198. The van der Waals surface area contributed by atoms with Crippen LogP contribution in [0.5, 0.6) is 0 Å². The second kappa shape index (κ2) is 8.71. The van der Waals surface area contributed by atoms with Gasteiger partial charge in [-0.1, -0.05) is 55.3 Å². The van der Waals surface area contributed by atoms with Crippen LogP contribution in [0.25, 0.3) is 11.1 Å². The fourth-order valence-electron chi connectivity index (χ4n) is 4.68. The smallest absolute Gasteiger partial charge is 0.124 e. The number of benzene rings is 2. The fourth-order valence-corrected chi connectivity index (χ4v) is 4.68. The Morgan fingerprint density at radius 3 is 2.68 bits per heavy atom. The lowest BCUT2D eigenvalue weighted by molar-refractivity contribution is 0.338. The average molecular weight is 377 g/mol. The molecular weight excluding hydrogens is 347 g/mol. The quantitative estimate of drug-likeness (QED) is 0.418. The maximum atomic E-state index is 13.9. The molecular formula is C26H29FO. The van der Waals surface area contributed by atoms with Crippen molar-refractivity contribution in [3.63, 3.8) is 0 Å². The number of hydrogen-bond donors (Lipinski definition) is 0. The summed E-state index contributed by atoms with van der Waals surface area (Å²) in [5.41, 5.74) is 6.96. The number of hydrogen-bond acceptors (Lipinski definition) is 1. The van der Waals surface area contributed by atoms with Gasteiger partial charge in [0.05, 0.1) is 0 Å².